The maximum atomic E-state index is 13.0. The van der Waals surface area contributed by atoms with Gasteiger partial charge in [0.1, 0.15) is 11.6 Å². The Kier molecular flexibility index (Phi) is 5.35. The minimum Gasteiger partial charge on any atom is -0.372 e. The number of para-hydroxylation sites is 1. The normalized spacial score (nSPS) is 10.7. The van der Waals surface area contributed by atoms with Gasteiger partial charge in [-0.05, 0) is 30.3 Å². The molecule has 1 heterocycles. The molecule has 1 amide bonds. The Bertz CT molecular complexity index is 938. The lowest BCUT2D eigenvalue weighted by Gasteiger charge is -2.09. The van der Waals surface area contributed by atoms with Gasteiger partial charge in [-0.2, -0.15) is 0 Å². The van der Waals surface area contributed by atoms with Crippen LogP contribution in [-0.4, -0.2) is 28.7 Å². The molecule has 8 heteroatoms. The smallest absolute Gasteiger partial charge is 0.234 e. The molecule has 0 fully saturated rings. The Morgan fingerprint density at radius 1 is 1.24 bits per heavy atom. The molecule has 1 aromatic heterocycles. The SMILES string of the molecule is CNc1nc(SCC(=O)Nc2ccc(F)cc2Cl)nc2ccccc12. The molecule has 5 nitrogen and oxygen atoms in total. The standard InChI is InChI=1S/C17H14ClFN4OS/c1-20-16-11-4-2-3-5-13(11)22-17(23-16)25-9-15(24)21-14-7-6-10(19)8-12(14)18/h2-8H,9H2,1H3,(H,21,24)(H,20,22,23). The average Bonchev–Trinajstić information content (AvgIpc) is 2.61. The first-order valence-corrected chi connectivity index (χ1v) is 8.75. The number of aromatic nitrogens is 2. The number of hydrogen-bond donors (Lipinski definition) is 2. The van der Waals surface area contributed by atoms with Gasteiger partial charge < -0.3 is 10.6 Å². The quantitative estimate of drug-likeness (QED) is 0.516. The molecule has 0 saturated carbocycles. The molecule has 0 aliphatic heterocycles. The molecule has 0 bridgehead atoms. The van der Waals surface area contributed by atoms with E-state index in [1.54, 1.807) is 7.05 Å². The van der Waals surface area contributed by atoms with Crippen molar-refractivity contribution in [1.82, 2.24) is 9.97 Å². The predicted octanol–water partition coefficient (Wildman–Crippen LogP) is 4.19. The highest BCUT2D eigenvalue weighted by molar-refractivity contribution is 7.99. The molecule has 3 rings (SSSR count). The van der Waals surface area contributed by atoms with Gasteiger partial charge in [-0.1, -0.05) is 35.5 Å². The lowest BCUT2D eigenvalue weighted by molar-refractivity contribution is -0.113. The predicted molar refractivity (Wildman–Crippen MR) is 99.8 cm³/mol. The van der Waals surface area contributed by atoms with Crippen LogP contribution in [0.25, 0.3) is 10.9 Å². The Balaban J connectivity index is 1.70. The van der Waals surface area contributed by atoms with Gasteiger partial charge in [0.05, 0.1) is 22.0 Å². The van der Waals surface area contributed by atoms with Crippen molar-refractivity contribution in [3.63, 3.8) is 0 Å². The van der Waals surface area contributed by atoms with Crippen LogP contribution < -0.4 is 10.6 Å². The molecule has 25 heavy (non-hydrogen) atoms. The highest BCUT2D eigenvalue weighted by Gasteiger charge is 2.11. The zero-order valence-corrected chi connectivity index (χ0v) is 14.8. The van der Waals surface area contributed by atoms with Gasteiger partial charge in [-0.15, -0.1) is 0 Å². The number of carbonyl (C=O) groups excluding carboxylic acids is 1. The van der Waals surface area contributed by atoms with E-state index in [0.29, 0.717) is 16.7 Å². The molecule has 0 atom stereocenters. The van der Waals surface area contributed by atoms with Crippen molar-refractivity contribution in [3.8, 4) is 0 Å². The molecule has 0 saturated heterocycles. The van der Waals surface area contributed by atoms with Gasteiger partial charge in [0.2, 0.25) is 5.91 Å². The summed E-state index contributed by atoms with van der Waals surface area (Å²) in [4.78, 5) is 20.9. The van der Waals surface area contributed by atoms with E-state index >= 15 is 0 Å². The summed E-state index contributed by atoms with van der Waals surface area (Å²) in [6.45, 7) is 0. The molecule has 0 aliphatic rings. The van der Waals surface area contributed by atoms with E-state index in [9.17, 15) is 9.18 Å². The first kappa shape index (κ1) is 17.4. The van der Waals surface area contributed by atoms with Gasteiger partial charge in [-0.25, -0.2) is 14.4 Å². The zero-order chi connectivity index (χ0) is 17.8. The molecule has 0 unspecified atom stereocenters. The Hall–Kier alpha value is -2.38. The summed E-state index contributed by atoms with van der Waals surface area (Å²) in [5.41, 5.74) is 1.16. The summed E-state index contributed by atoms with van der Waals surface area (Å²) >= 11 is 7.11. The molecule has 3 aromatic rings. The van der Waals surface area contributed by atoms with Crippen LogP contribution in [0.3, 0.4) is 0 Å². The fraction of sp³-hybridized carbons (Fsp3) is 0.118. The highest BCUT2D eigenvalue weighted by atomic mass is 35.5. The van der Waals surface area contributed by atoms with Crippen molar-refractivity contribution in [1.29, 1.82) is 0 Å². The number of nitrogens with one attached hydrogen (secondary N) is 2. The number of thioether (sulfide) groups is 1. The Morgan fingerprint density at radius 3 is 2.80 bits per heavy atom. The van der Waals surface area contributed by atoms with Gasteiger partial charge >= 0.3 is 0 Å². The molecule has 0 radical (unpaired) electrons. The number of amides is 1. The summed E-state index contributed by atoms with van der Waals surface area (Å²) in [5, 5.41) is 7.23. The van der Waals surface area contributed by atoms with Gasteiger partial charge in [0.25, 0.3) is 0 Å². The minimum absolute atomic E-state index is 0.106. The lowest BCUT2D eigenvalue weighted by atomic mass is 10.2. The molecule has 0 spiro atoms. The summed E-state index contributed by atoms with van der Waals surface area (Å²) in [5.74, 6) is 0.0766. The van der Waals surface area contributed by atoms with Gasteiger partial charge in [0, 0.05) is 12.4 Å². The van der Waals surface area contributed by atoms with E-state index in [0.717, 1.165) is 17.0 Å². The van der Waals surface area contributed by atoms with E-state index in [1.165, 1.54) is 23.9 Å². The third kappa shape index (κ3) is 4.18. The van der Waals surface area contributed by atoms with Crippen LogP contribution in [0.5, 0.6) is 0 Å². The number of carbonyl (C=O) groups is 1. The summed E-state index contributed by atoms with van der Waals surface area (Å²) in [6.07, 6.45) is 0. The van der Waals surface area contributed by atoms with E-state index in [1.807, 2.05) is 24.3 Å². The van der Waals surface area contributed by atoms with Crippen molar-refractivity contribution >= 4 is 51.7 Å². The largest absolute Gasteiger partial charge is 0.372 e. The second-order valence-corrected chi connectivity index (χ2v) is 6.43. The number of benzene rings is 2. The Morgan fingerprint density at radius 2 is 2.04 bits per heavy atom. The van der Waals surface area contributed by atoms with Crippen molar-refractivity contribution in [2.45, 2.75) is 5.16 Å². The summed E-state index contributed by atoms with van der Waals surface area (Å²) in [7, 11) is 1.78. The molecule has 2 aromatic carbocycles. The van der Waals surface area contributed by atoms with E-state index < -0.39 is 5.82 Å². The second-order valence-electron chi connectivity index (χ2n) is 5.08. The van der Waals surface area contributed by atoms with Gasteiger partial charge in [0.15, 0.2) is 5.16 Å². The van der Waals surface area contributed by atoms with Crippen LogP contribution >= 0.6 is 23.4 Å². The van der Waals surface area contributed by atoms with Crippen molar-refractivity contribution in [2.75, 3.05) is 23.4 Å². The van der Waals surface area contributed by atoms with E-state index in [2.05, 4.69) is 20.6 Å². The van der Waals surface area contributed by atoms with Crippen LogP contribution in [0.2, 0.25) is 5.02 Å². The molecular weight excluding hydrogens is 363 g/mol. The topological polar surface area (TPSA) is 66.9 Å². The minimum atomic E-state index is -0.457. The fourth-order valence-corrected chi connectivity index (χ4v) is 3.08. The molecule has 0 aliphatic carbocycles. The summed E-state index contributed by atoms with van der Waals surface area (Å²) in [6, 6.07) is 11.4. The lowest BCUT2D eigenvalue weighted by Crippen LogP contribution is -2.14. The third-order valence-electron chi connectivity index (χ3n) is 3.36. The number of rotatable bonds is 5. The van der Waals surface area contributed by atoms with Crippen LogP contribution in [0, 0.1) is 5.82 Å². The first-order chi connectivity index (χ1) is 12.1. The average molecular weight is 377 g/mol. The van der Waals surface area contributed by atoms with Crippen LogP contribution in [0.1, 0.15) is 0 Å². The Labute approximate surface area is 153 Å². The van der Waals surface area contributed by atoms with Crippen molar-refractivity contribution < 1.29 is 9.18 Å². The van der Waals surface area contributed by atoms with Gasteiger partial charge in [-0.3, -0.25) is 4.79 Å². The summed E-state index contributed by atoms with van der Waals surface area (Å²) < 4.78 is 13.0. The number of halogens is 2. The number of hydrogen-bond acceptors (Lipinski definition) is 5. The van der Waals surface area contributed by atoms with E-state index in [-0.39, 0.29) is 16.7 Å². The number of nitrogens with zero attached hydrogens (tertiary/aromatic N) is 2. The molecular formula is C17H14ClFN4OS. The van der Waals surface area contributed by atoms with E-state index in [4.69, 9.17) is 11.6 Å². The maximum absolute atomic E-state index is 13.0. The molecule has 2 N–H and O–H groups in total. The maximum Gasteiger partial charge on any atom is 0.234 e. The monoisotopic (exact) mass is 376 g/mol. The number of anilines is 2. The third-order valence-corrected chi connectivity index (χ3v) is 4.52. The van der Waals surface area contributed by atoms with Crippen LogP contribution in [-0.2, 0) is 4.79 Å². The number of fused-ring (bicyclic) bond motifs is 1. The molecule has 128 valence electrons. The fourth-order valence-electron chi connectivity index (χ4n) is 2.22. The van der Waals surface area contributed by atoms with Crippen molar-refractivity contribution in [3.05, 3.63) is 53.3 Å². The zero-order valence-electron chi connectivity index (χ0n) is 13.2. The van der Waals surface area contributed by atoms with Crippen LogP contribution in [0.4, 0.5) is 15.9 Å². The second kappa shape index (κ2) is 7.67. The highest BCUT2D eigenvalue weighted by Crippen LogP contribution is 2.25. The van der Waals surface area contributed by atoms with Crippen molar-refractivity contribution in [2.24, 2.45) is 0 Å². The van der Waals surface area contributed by atoms with Crippen LogP contribution in [0.15, 0.2) is 47.6 Å². The first-order valence-electron chi connectivity index (χ1n) is 7.39.